The predicted molar refractivity (Wildman–Crippen MR) is 75.5 cm³/mol. The Bertz CT molecular complexity index is 464. The first-order valence-electron chi connectivity index (χ1n) is 7.45. The van der Waals surface area contributed by atoms with Crippen molar-refractivity contribution in [2.45, 2.75) is 63.9 Å². The van der Waals surface area contributed by atoms with E-state index in [0.29, 0.717) is 11.8 Å². The molecule has 4 heteroatoms. The first kappa shape index (κ1) is 13.3. The smallest absolute Gasteiger partial charge is 0.162 e. The van der Waals surface area contributed by atoms with Gasteiger partial charge in [-0.15, -0.1) is 0 Å². The van der Waals surface area contributed by atoms with Crippen LogP contribution in [-0.4, -0.2) is 16.6 Å². The van der Waals surface area contributed by atoms with Gasteiger partial charge in [0.1, 0.15) is 10.8 Å². The minimum atomic E-state index is -0.283. The van der Waals surface area contributed by atoms with Crippen molar-refractivity contribution in [2.24, 2.45) is 0 Å². The van der Waals surface area contributed by atoms with Gasteiger partial charge >= 0.3 is 0 Å². The summed E-state index contributed by atoms with van der Waals surface area (Å²) in [5, 5.41) is 0.655. The van der Waals surface area contributed by atoms with Crippen molar-refractivity contribution < 1.29 is 4.74 Å². The molecular weight excluding hydrogens is 260 g/mol. The van der Waals surface area contributed by atoms with E-state index < -0.39 is 0 Å². The molecule has 0 bridgehead atoms. The van der Waals surface area contributed by atoms with Crippen molar-refractivity contribution in [2.75, 3.05) is 6.61 Å². The highest BCUT2D eigenvalue weighted by molar-refractivity contribution is 6.30. The molecule has 0 amide bonds. The average molecular weight is 281 g/mol. The molecule has 0 atom stereocenters. The molecule has 1 heterocycles. The summed E-state index contributed by atoms with van der Waals surface area (Å²) in [6.45, 7) is 2.75. The number of aryl methyl sites for hydroxylation is 1. The molecule has 104 valence electrons. The van der Waals surface area contributed by atoms with Crippen molar-refractivity contribution in [1.29, 1.82) is 0 Å². The lowest BCUT2D eigenvalue weighted by Gasteiger charge is -2.35. The topological polar surface area (TPSA) is 35.0 Å². The van der Waals surface area contributed by atoms with Gasteiger partial charge in [-0.1, -0.05) is 30.9 Å². The highest BCUT2D eigenvalue weighted by Crippen LogP contribution is 2.40. The normalized spacial score (nSPS) is 21.4. The number of nitrogens with zero attached hydrogens (tertiary/aromatic N) is 2. The van der Waals surface area contributed by atoms with Gasteiger partial charge in [-0.2, -0.15) is 0 Å². The van der Waals surface area contributed by atoms with E-state index in [9.17, 15) is 0 Å². The molecule has 1 aromatic rings. The summed E-state index contributed by atoms with van der Waals surface area (Å²) in [6.07, 6.45) is 8.92. The second kappa shape index (κ2) is 5.37. The summed E-state index contributed by atoms with van der Waals surface area (Å²) in [6, 6.07) is 0. The van der Waals surface area contributed by atoms with Crippen molar-refractivity contribution in [3.63, 3.8) is 0 Å². The molecule has 1 fully saturated rings. The largest absolute Gasteiger partial charge is 0.367 e. The number of aromatic nitrogens is 2. The van der Waals surface area contributed by atoms with Gasteiger partial charge in [-0.05, 0) is 39.0 Å². The monoisotopic (exact) mass is 280 g/mol. The van der Waals surface area contributed by atoms with E-state index in [0.717, 1.165) is 49.2 Å². The predicted octanol–water partition coefficient (Wildman–Crippen LogP) is 3.81. The van der Waals surface area contributed by atoms with Crippen molar-refractivity contribution in [3.05, 3.63) is 22.2 Å². The molecule has 0 spiro atoms. The van der Waals surface area contributed by atoms with E-state index in [2.05, 4.69) is 4.98 Å². The lowest BCUT2D eigenvalue weighted by Crippen LogP contribution is -2.35. The number of rotatable bonds is 3. The Morgan fingerprint density at radius 3 is 2.63 bits per heavy atom. The van der Waals surface area contributed by atoms with Gasteiger partial charge in [0.25, 0.3) is 0 Å². The Labute approximate surface area is 119 Å². The molecule has 0 unspecified atom stereocenters. The molecule has 1 aromatic heterocycles. The van der Waals surface area contributed by atoms with Gasteiger partial charge < -0.3 is 4.74 Å². The number of ether oxygens (including phenoxy) is 1. The van der Waals surface area contributed by atoms with Gasteiger partial charge in [0.15, 0.2) is 5.82 Å². The summed E-state index contributed by atoms with van der Waals surface area (Å²) in [5.74, 6) is 0.833. The van der Waals surface area contributed by atoms with Gasteiger partial charge in [-0.25, -0.2) is 9.97 Å². The summed E-state index contributed by atoms with van der Waals surface area (Å²) in [7, 11) is 0. The third-order valence-electron chi connectivity index (χ3n) is 4.37. The fraction of sp³-hybridized carbons (Fsp3) is 0.733. The number of hydrogen-bond acceptors (Lipinski definition) is 3. The molecule has 1 saturated carbocycles. The van der Waals surface area contributed by atoms with Crippen LogP contribution >= 0.6 is 11.6 Å². The zero-order chi connectivity index (χ0) is 13.3. The fourth-order valence-electron chi connectivity index (χ4n) is 3.42. The molecule has 3 rings (SSSR count). The second-order valence-corrected chi connectivity index (χ2v) is 5.96. The van der Waals surface area contributed by atoms with Crippen molar-refractivity contribution >= 4 is 11.6 Å². The summed E-state index contributed by atoms with van der Waals surface area (Å²) in [5.41, 5.74) is 2.03. The van der Waals surface area contributed by atoms with E-state index in [1.807, 2.05) is 6.92 Å². The molecule has 3 nitrogen and oxygen atoms in total. The SMILES string of the molecule is CCOC1(c2nc(Cl)c3c(n2)CCC3)CCCCC1. The van der Waals surface area contributed by atoms with Gasteiger partial charge in [0, 0.05) is 17.9 Å². The first-order chi connectivity index (χ1) is 9.25. The molecule has 19 heavy (non-hydrogen) atoms. The van der Waals surface area contributed by atoms with Crippen LogP contribution in [-0.2, 0) is 23.2 Å². The minimum Gasteiger partial charge on any atom is -0.367 e. The number of hydrogen-bond donors (Lipinski definition) is 0. The van der Waals surface area contributed by atoms with Crippen LogP contribution in [0, 0.1) is 0 Å². The molecular formula is C15H21ClN2O. The summed E-state index contributed by atoms with van der Waals surface area (Å²) >= 11 is 6.35. The third kappa shape index (κ3) is 2.38. The Balaban J connectivity index is 2.00. The standard InChI is InChI=1S/C15H21ClN2O/c1-2-19-15(9-4-3-5-10-15)14-17-12-8-6-7-11(12)13(16)18-14/h2-10H2,1H3. The maximum absolute atomic E-state index is 6.35. The zero-order valence-corrected chi connectivity index (χ0v) is 12.3. The lowest BCUT2D eigenvalue weighted by molar-refractivity contribution is -0.0768. The number of fused-ring (bicyclic) bond motifs is 1. The van der Waals surface area contributed by atoms with Crippen LogP contribution in [0.1, 0.15) is 62.5 Å². The van der Waals surface area contributed by atoms with Gasteiger partial charge in [0.2, 0.25) is 0 Å². The van der Waals surface area contributed by atoms with Gasteiger partial charge in [0.05, 0.1) is 0 Å². The Morgan fingerprint density at radius 2 is 1.89 bits per heavy atom. The summed E-state index contributed by atoms with van der Waals surface area (Å²) in [4.78, 5) is 9.40. The lowest BCUT2D eigenvalue weighted by atomic mass is 9.83. The molecule has 0 aliphatic heterocycles. The Kier molecular flexibility index (Phi) is 3.77. The minimum absolute atomic E-state index is 0.283. The second-order valence-electron chi connectivity index (χ2n) is 5.60. The Hall–Kier alpha value is -0.670. The molecule has 0 aromatic carbocycles. The van der Waals surface area contributed by atoms with E-state index in [1.54, 1.807) is 0 Å². The van der Waals surface area contributed by atoms with Crippen molar-refractivity contribution in [3.8, 4) is 0 Å². The van der Waals surface area contributed by atoms with Crippen LogP contribution in [0.25, 0.3) is 0 Å². The third-order valence-corrected chi connectivity index (χ3v) is 4.68. The van der Waals surface area contributed by atoms with Crippen LogP contribution in [0.4, 0.5) is 0 Å². The molecule has 2 aliphatic carbocycles. The van der Waals surface area contributed by atoms with Crippen LogP contribution in [0.15, 0.2) is 0 Å². The average Bonchev–Trinajstić information content (AvgIpc) is 2.89. The van der Waals surface area contributed by atoms with Crippen molar-refractivity contribution in [1.82, 2.24) is 9.97 Å². The van der Waals surface area contributed by atoms with E-state index in [1.165, 1.54) is 19.3 Å². The summed E-state index contributed by atoms with van der Waals surface area (Å²) < 4.78 is 6.09. The molecule has 0 N–H and O–H groups in total. The van der Waals surface area contributed by atoms with E-state index in [-0.39, 0.29) is 5.60 Å². The maximum atomic E-state index is 6.35. The van der Waals surface area contributed by atoms with Crippen LogP contribution in [0.5, 0.6) is 0 Å². The first-order valence-corrected chi connectivity index (χ1v) is 7.83. The fourth-order valence-corrected chi connectivity index (χ4v) is 3.71. The van der Waals surface area contributed by atoms with Crippen LogP contribution in [0.3, 0.4) is 0 Å². The molecule has 0 radical (unpaired) electrons. The molecule has 0 saturated heterocycles. The van der Waals surface area contributed by atoms with Crippen LogP contribution in [0.2, 0.25) is 5.15 Å². The highest BCUT2D eigenvalue weighted by Gasteiger charge is 2.38. The van der Waals surface area contributed by atoms with Gasteiger partial charge in [-0.3, -0.25) is 0 Å². The highest BCUT2D eigenvalue weighted by atomic mass is 35.5. The quantitative estimate of drug-likeness (QED) is 0.790. The Morgan fingerprint density at radius 1 is 1.11 bits per heavy atom. The zero-order valence-electron chi connectivity index (χ0n) is 11.5. The van der Waals surface area contributed by atoms with Crippen LogP contribution < -0.4 is 0 Å². The molecule has 2 aliphatic rings. The van der Waals surface area contributed by atoms with E-state index >= 15 is 0 Å². The maximum Gasteiger partial charge on any atom is 0.162 e. The number of halogens is 1. The van der Waals surface area contributed by atoms with E-state index in [4.69, 9.17) is 21.3 Å².